The third-order valence-electron chi connectivity index (χ3n) is 4.42. The lowest BCUT2D eigenvalue weighted by Gasteiger charge is -2.29. The first-order chi connectivity index (χ1) is 9.31. The van der Waals surface area contributed by atoms with Crippen molar-refractivity contribution in [3.05, 3.63) is 29.8 Å². The topological polar surface area (TPSA) is 29.3 Å². The Balaban J connectivity index is 1.82. The highest BCUT2D eigenvalue weighted by molar-refractivity contribution is 5.46. The van der Waals surface area contributed by atoms with Crippen molar-refractivity contribution in [1.82, 2.24) is 4.90 Å². The Hall–Kier alpha value is -1.02. The van der Waals surface area contributed by atoms with E-state index in [9.17, 15) is 0 Å². The van der Waals surface area contributed by atoms with Gasteiger partial charge in [0.25, 0.3) is 0 Å². The molecule has 1 aliphatic heterocycles. The fourth-order valence-electron chi connectivity index (χ4n) is 3.23. The minimum absolute atomic E-state index is 0.815. The molecule has 0 aromatic heterocycles. The second-order valence-corrected chi connectivity index (χ2v) is 5.75. The fourth-order valence-corrected chi connectivity index (χ4v) is 3.23. The zero-order valence-electron chi connectivity index (χ0n) is 12.3. The van der Waals surface area contributed by atoms with Crippen LogP contribution in [0.3, 0.4) is 0 Å². The van der Waals surface area contributed by atoms with Gasteiger partial charge in [0, 0.05) is 11.7 Å². The molecule has 2 rings (SSSR count). The van der Waals surface area contributed by atoms with Crippen LogP contribution in [0.25, 0.3) is 0 Å². The van der Waals surface area contributed by atoms with Crippen LogP contribution in [-0.2, 0) is 6.42 Å². The number of nitrogens with zero attached hydrogens (tertiary/aromatic N) is 1. The van der Waals surface area contributed by atoms with E-state index in [1.807, 2.05) is 12.1 Å². The van der Waals surface area contributed by atoms with E-state index in [1.165, 1.54) is 57.2 Å². The first-order valence-corrected chi connectivity index (χ1v) is 7.88. The monoisotopic (exact) mass is 260 g/mol. The highest BCUT2D eigenvalue weighted by atomic mass is 15.1. The lowest BCUT2D eigenvalue weighted by atomic mass is 10.1. The molecule has 19 heavy (non-hydrogen) atoms. The van der Waals surface area contributed by atoms with Crippen LogP contribution < -0.4 is 5.73 Å². The Morgan fingerprint density at radius 3 is 2.84 bits per heavy atom. The molecule has 1 unspecified atom stereocenters. The maximum Gasteiger partial charge on any atom is 0.0346 e. The molecule has 2 N–H and O–H groups in total. The summed E-state index contributed by atoms with van der Waals surface area (Å²) in [5.74, 6) is 0. The van der Waals surface area contributed by atoms with Gasteiger partial charge in [0.15, 0.2) is 0 Å². The number of nitrogens with two attached hydrogens (primary N) is 1. The van der Waals surface area contributed by atoms with Gasteiger partial charge in [-0.2, -0.15) is 0 Å². The quantitative estimate of drug-likeness (QED) is 0.815. The van der Waals surface area contributed by atoms with E-state index in [-0.39, 0.29) is 0 Å². The van der Waals surface area contributed by atoms with Crippen LogP contribution in [-0.4, -0.2) is 24.0 Å². The van der Waals surface area contributed by atoms with Crippen LogP contribution in [0.2, 0.25) is 0 Å². The molecule has 0 aliphatic carbocycles. The number of nitrogen functional groups attached to an aromatic ring is 1. The van der Waals surface area contributed by atoms with Gasteiger partial charge >= 0.3 is 0 Å². The molecular formula is C17H28N2. The molecule has 1 heterocycles. The maximum atomic E-state index is 6.00. The van der Waals surface area contributed by atoms with Crippen LogP contribution in [0, 0.1) is 0 Å². The molecule has 1 aliphatic rings. The Kier molecular flexibility index (Phi) is 5.71. The number of para-hydroxylation sites is 1. The van der Waals surface area contributed by atoms with E-state index in [4.69, 9.17) is 5.73 Å². The summed E-state index contributed by atoms with van der Waals surface area (Å²) in [4.78, 5) is 2.71. The fraction of sp³-hybridized carbons (Fsp3) is 0.647. The van der Waals surface area contributed by atoms with Gasteiger partial charge in [-0.1, -0.05) is 38.0 Å². The first-order valence-electron chi connectivity index (χ1n) is 7.88. The van der Waals surface area contributed by atoms with E-state index in [2.05, 4.69) is 24.0 Å². The first kappa shape index (κ1) is 14.4. The predicted octanol–water partition coefficient (Wildman–Crippen LogP) is 3.86. The van der Waals surface area contributed by atoms with E-state index in [0.29, 0.717) is 0 Å². The molecule has 1 saturated heterocycles. The normalized spacial score (nSPS) is 21.2. The molecule has 1 atom stereocenters. The van der Waals surface area contributed by atoms with Gasteiger partial charge in [0.05, 0.1) is 0 Å². The van der Waals surface area contributed by atoms with Gasteiger partial charge in [-0.05, 0) is 56.8 Å². The second-order valence-electron chi connectivity index (χ2n) is 5.75. The Bertz CT molecular complexity index is 375. The van der Waals surface area contributed by atoms with Crippen molar-refractivity contribution < 1.29 is 0 Å². The zero-order chi connectivity index (χ0) is 13.5. The van der Waals surface area contributed by atoms with Crippen molar-refractivity contribution in [2.24, 2.45) is 0 Å². The summed E-state index contributed by atoms with van der Waals surface area (Å²) in [5, 5.41) is 0. The molecule has 1 aromatic carbocycles. The number of aryl methyl sites for hydroxylation is 1. The van der Waals surface area contributed by atoms with Gasteiger partial charge < -0.3 is 10.6 Å². The SMILES string of the molecule is CCC1CCCCCN1CCCc1ccccc1N. The molecule has 1 aromatic rings. The molecule has 0 bridgehead atoms. The Morgan fingerprint density at radius 1 is 1.21 bits per heavy atom. The summed E-state index contributed by atoms with van der Waals surface area (Å²) >= 11 is 0. The van der Waals surface area contributed by atoms with Crippen LogP contribution in [0.5, 0.6) is 0 Å². The summed E-state index contributed by atoms with van der Waals surface area (Å²) in [6, 6.07) is 9.09. The molecular weight excluding hydrogens is 232 g/mol. The molecule has 0 radical (unpaired) electrons. The summed E-state index contributed by atoms with van der Waals surface area (Å²) in [6.07, 6.45) is 9.24. The minimum Gasteiger partial charge on any atom is -0.399 e. The van der Waals surface area contributed by atoms with Crippen molar-refractivity contribution in [2.45, 2.75) is 57.9 Å². The maximum absolute atomic E-state index is 6.00. The number of hydrogen-bond acceptors (Lipinski definition) is 2. The largest absolute Gasteiger partial charge is 0.399 e. The summed E-state index contributed by atoms with van der Waals surface area (Å²) in [7, 11) is 0. The van der Waals surface area contributed by atoms with Crippen molar-refractivity contribution in [1.29, 1.82) is 0 Å². The van der Waals surface area contributed by atoms with Crippen LogP contribution in [0.15, 0.2) is 24.3 Å². The van der Waals surface area contributed by atoms with E-state index < -0.39 is 0 Å². The highest BCUT2D eigenvalue weighted by Gasteiger charge is 2.18. The lowest BCUT2D eigenvalue weighted by molar-refractivity contribution is 0.192. The minimum atomic E-state index is 0.815. The third kappa shape index (κ3) is 4.24. The standard InChI is InChI=1S/C17H28N2/c1-2-16-11-4-3-7-13-19(16)14-8-10-15-9-5-6-12-17(15)18/h5-6,9,12,16H,2-4,7-8,10-11,13-14,18H2,1H3. The van der Waals surface area contributed by atoms with Crippen LogP contribution in [0.4, 0.5) is 5.69 Å². The van der Waals surface area contributed by atoms with Gasteiger partial charge in [0.1, 0.15) is 0 Å². The Morgan fingerprint density at radius 2 is 2.05 bits per heavy atom. The summed E-state index contributed by atoms with van der Waals surface area (Å²) < 4.78 is 0. The van der Waals surface area contributed by atoms with Crippen LogP contribution in [0.1, 0.15) is 51.0 Å². The van der Waals surface area contributed by atoms with E-state index in [0.717, 1.165) is 18.2 Å². The number of likely N-dealkylation sites (tertiary alicyclic amines) is 1. The zero-order valence-corrected chi connectivity index (χ0v) is 12.3. The highest BCUT2D eigenvalue weighted by Crippen LogP contribution is 2.20. The summed E-state index contributed by atoms with van der Waals surface area (Å²) in [5.41, 5.74) is 8.26. The van der Waals surface area contributed by atoms with Crippen molar-refractivity contribution in [3.63, 3.8) is 0 Å². The van der Waals surface area contributed by atoms with E-state index in [1.54, 1.807) is 0 Å². The average molecular weight is 260 g/mol. The smallest absolute Gasteiger partial charge is 0.0346 e. The molecule has 0 spiro atoms. The second kappa shape index (κ2) is 7.54. The van der Waals surface area contributed by atoms with Crippen molar-refractivity contribution in [3.8, 4) is 0 Å². The molecule has 2 nitrogen and oxygen atoms in total. The molecule has 2 heteroatoms. The van der Waals surface area contributed by atoms with Gasteiger partial charge in [-0.25, -0.2) is 0 Å². The number of hydrogen-bond donors (Lipinski definition) is 1. The molecule has 1 fully saturated rings. The third-order valence-corrected chi connectivity index (χ3v) is 4.42. The van der Waals surface area contributed by atoms with Gasteiger partial charge in [-0.15, -0.1) is 0 Å². The van der Waals surface area contributed by atoms with Gasteiger partial charge in [0.2, 0.25) is 0 Å². The van der Waals surface area contributed by atoms with Crippen molar-refractivity contribution in [2.75, 3.05) is 18.8 Å². The van der Waals surface area contributed by atoms with E-state index >= 15 is 0 Å². The number of anilines is 1. The van der Waals surface area contributed by atoms with Gasteiger partial charge in [-0.3, -0.25) is 0 Å². The van der Waals surface area contributed by atoms with Crippen molar-refractivity contribution >= 4 is 5.69 Å². The lowest BCUT2D eigenvalue weighted by Crippen LogP contribution is -2.35. The predicted molar refractivity (Wildman–Crippen MR) is 83.3 cm³/mol. The molecule has 106 valence electrons. The molecule has 0 amide bonds. The Labute approximate surface area is 118 Å². The number of benzene rings is 1. The molecule has 0 saturated carbocycles. The number of rotatable bonds is 5. The average Bonchev–Trinajstić information content (AvgIpc) is 2.66. The van der Waals surface area contributed by atoms with Crippen LogP contribution >= 0.6 is 0 Å². The summed E-state index contributed by atoms with van der Waals surface area (Å²) in [6.45, 7) is 4.85.